The zero-order chi connectivity index (χ0) is 14.2. The molecule has 2 atom stereocenters. The summed E-state index contributed by atoms with van der Waals surface area (Å²) in [5, 5.41) is 0. The van der Waals surface area contributed by atoms with Crippen LogP contribution in [0.25, 0.3) is 0 Å². The van der Waals surface area contributed by atoms with Crippen LogP contribution in [0.5, 0.6) is 0 Å². The number of rotatable bonds is 3. The Morgan fingerprint density at radius 3 is 2.80 bits per heavy atom. The maximum atomic E-state index is 12.5. The van der Waals surface area contributed by atoms with Crippen LogP contribution in [0.2, 0.25) is 0 Å². The van der Waals surface area contributed by atoms with E-state index < -0.39 is 12.7 Å². The van der Waals surface area contributed by atoms with E-state index in [-0.39, 0.29) is 0 Å². The molecule has 3 nitrogen and oxygen atoms in total. The zero-order valence-electron chi connectivity index (χ0n) is 11.4. The lowest BCUT2D eigenvalue weighted by Crippen LogP contribution is -2.42. The van der Waals surface area contributed by atoms with Crippen molar-refractivity contribution in [3.63, 3.8) is 0 Å². The van der Waals surface area contributed by atoms with Gasteiger partial charge in [-0.1, -0.05) is 6.42 Å². The van der Waals surface area contributed by atoms with Gasteiger partial charge in [0, 0.05) is 18.4 Å². The van der Waals surface area contributed by atoms with Crippen LogP contribution >= 0.6 is 0 Å². The van der Waals surface area contributed by atoms with Gasteiger partial charge in [-0.05, 0) is 38.1 Å². The number of halogens is 3. The molecule has 0 unspecified atom stereocenters. The summed E-state index contributed by atoms with van der Waals surface area (Å²) in [6.45, 7) is 0.592. The third-order valence-corrected chi connectivity index (χ3v) is 4.60. The van der Waals surface area contributed by atoms with Gasteiger partial charge in [-0.3, -0.25) is 4.90 Å². The Bertz CT molecular complexity index is 455. The van der Waals surface area contributed by atoms with Crippen LogP contribution in [-0.4, -0.2) is 33.2 Å². The molecule has 0 aromatic carbocycles. The molecule has 1 saturated carbocycles. The van der Waals surface area contributed by atoms with Crippen LogP contribution in [0.15, 0.2) is 12.4 Å². The topological polar surface area (TPSA) is 21.1 Å². The summed E-state index contributed by atoms with van der Waals surface area (Å²) in [4.78, 5) is 6.47. The fourth-order valence-corrected chi connectivity index (χ4v) is 3.76. The number of aromatic nitrogens is 2. The first-order valence-corrected chi connectivity index (χ1v) is 7.34. The van der Waals surface area contributed by atoms with Gasteiger partial charge in [-0.25, -0.2) is 4.98 Å². The molecule has 0 radical (unpaired) electrons. The standard InChI is InChI=1S/C14H20F3N3/c15-14(16,17)10-20-8-6-18-13(20)9-19-7-2-4-11-3-1-5-12(11)19/h6,8,11-12H,1-5,7,9-10H2/t11-,12-/m0/s1. The molecule has 2 heterocycles. The van der Waals surface area contributed by atoms with E-state index in [9.17, 15) is 13.2 Å². The Labute approximate surface area is 116 Å². The minimum absolute atomic E-state index is 0.537. The van der Waals surface area contributed by atoms with E-state index in [2.05, 4.69) is 9.88 Å². The number of nitrogens with zero attached hydrogens (tertiary/aromatic N) is 3. The predicted octanol–water partition coefficient (Wildman–Crippen LogP) is 3.21. The van der Waals surface area contributed by atoms with Gasteiger partial charge in [0.25, 0.3) is 0 Å². The van der Waals surface area contributed by atoms with Crippen LogP contribution in [0.3, 0.4) is 0 Å². The van der Waals surface area contributed by atoms with E-state index >= 15 is 0 Å². The number of fused-ring (bicyclic) bond motifs is 1. The zero-order valence-corrected chi connectivity index (χ0v) is 11.4. The van der Waals surface area contributed by atoms with E-state index in [1.807, 2.05) is 0 Å². The summed E-state index contributed by atoms with van der Waals surface area (Å²) < 4.78 is 38.8. The summed E-state index contributed by atoms with van der Waals surface area (Å²) in [5.74, 6) is 1.28. The molecular formula is C14H20F3N3. The Hall–Kier alpha value is -1.04. The summed E-state index contributed by atoms with van der Waals surface area (Å²) in [6.07, 6.45) is 4.86. The summed E-state index contributed by atoms with van der Waals surface area (Å²) in [7, 11) is 0. The molecule has 1 aromatic heterocycles. The van der Waals surface area contributed by atoms with Crippen LogP contribution in [0.1, 0.15) is 37.9 Å². The predicted molar refractivity (Wildman–Crippen MR) is 69.1 cm³/mol. The molecule has 0 N–H and O–H groups in total. The molecule has 1 saturated heterocycles. The maximum absolute atomic E-state index is 12.5. The highest BCUT2D eigenvalue weighted by Crippen LogP contribution is 2.37. The molecule has 1 aliphatic heterocycles. The SMILES string of the molecule is FC(F)(F)Cn1ccnc1CN1CCC[C@@H]2CCC[C@@H]21. The molecule has 0 amide bonds. The van der Waals surface area contributed by atoms with E-state index in [0.717, 1.165) is 18.9 Å². The van der Waals surface area contributed by atoms with Gasteiger partial charge in [0.15, 0.2) is 0 Å². The number of alkyl halides is 3. The van der Waals surface area contributed by atoms with Crippen molar-refractivity contribution < 1.29 is 13.2 Å². The number of hydrogen-bond acceptors (Lipinski definition) is 2. The first-order chi connectivity index (χ1) is 9.53. The van der Waals surface area contributed by atoms with Crippen LogP contribution in [0.4, 0.5) is 13.2 Å². The van der Waals surface area contributed by atoms with E-state index in [1.165, 1.54) is 42.6 Å². The van der Waals surface area contributed by atoms with Gasteiger partial charge in [-0.15, -0.1) is 0 Å². The van der Waals surface area contributed by atoms with Crippen LogP contribution in [-0.2, 0) is 13.1 Å². The summed E-state index contributed by atoms with van der Waals surface area (Å²) >= 11 is 0. The average Bonchev–Trinajstić information content (AvgIpc) is 2.97. The molecule has 2 fully saturated rings. The first kappa shape index (κ1) is 13.9. The highest BCUT2D eigenvalue weighted by Gasteiger charge is 2.36. The van der Waals surface area contributed by atoms with Crippen LogP contribution in [0, 0.1) is 5.92 Å². The molecule has 0 bridgehead atoms. The summed E-state index contributed by atoms with van der Waals surface area (Å²) in [5.41, 5.74) is 0. The van der Waals surface area contributed by atoms with Crippen molar-refractivity contribution in [2.75, 3.05) is 6.54 Å². The number of likely N-dealkylation sites (tertiary alicyclic amines) is 1. The Morgan fingerprint density at radius 1 is 1.20 bits per heavy atom. The molecule has 20 heavy (non-hydrogen) atoms. The number of piperidine rings is 1. The largest absolute Gasteiger partial charge is 0.406 e. The Morgan fingerprint density at radius 2 is 2.00 bits per heavy atom. The molecule has 2 aliphatic rings. The highest BCUT2D eigenvalue weighted by atomic mass is 19.4. The molecule has 6 heteroatoms. The summed E-state index contributed by atoms with van der Waals surface area (Å²) in [6, 6.07) is 0.555. The van der Waals surface area contributed by atoms with Crippen molar-refractivity contribution in [3.8, 4) is 0 Å². The van der Waals surface area contributed by atoms with Crippen molar-refractivity contribution in [1.29, 1.82) is 0 Å². The van der Waals surface area contributed by atoms with Gasteiger partial charge >= 0.3 is 6.18 Å². The Kier molecular flexibility index (Phi) is 3.75. The maximum Gasteiger partial charge on any atom is 0.406 e. The van der Waals surface area contributed by atoms with E-state index in [4.69, 9.17) is 0 Å². The molecule has 112 valence electrons. The minimum Gasteiger partial charge on any atom is -0.325 e. The second-order valence-electron chi connectivity index (χ2n) is 5.96. The fraction of sp³-hybridized carbons (Fsp3) is 0.786. The molecule has 0 spiro atoms. The van der Waals surface area contributed by atoms with Crippen molar-refractivity contribution in [3.05, 3.63) is 18.2 Å². The third-order valence-electron chi connectivity index (χ3n) is 4.60. The van der Waals surface area contributed by atoms with Gasteiger partial charge in [0.1, 0.15) is 12.4 Å². The van der Waals surface area contributed by atoms with Gasteiger partial charge in [0.05, 0.1) is 6.54 Å². The van der Waals surface area contributed by atoms with Gasteiger partial charge in [-0.2, -0.15) is 13.2 Å². The van der Waals surface area contributed by atoms with Crippen molar-refractivity contribution in [2.45, 2.75) is 57.4 Å². The smallest absolute Gasteiger partial charge is 0.325 e. The highest BCUT2D eigenvalue weighted by molar-refractivity contribution is 4.97. The minimum atomic E-state index is -4.19. The van der Waals surface area contributed by atoms with E-state index in [1.54, 1.807) is 0 Å². The van der Waals surface area contributed by atoms with Gasteiger partial charge < -0.3 is 4.57 Å². The Balaban J connectivity index is 1.70. The van der Waals surface area contributed by atoms with Crippen molar-refractivity contribution in [2.24, 2.45) is 5.92 Å². The third kappa shape index (κ3) is 3.00. The lowest BCUT2D eigenvalue weighted by atomic mass is 9.92. The average molecular weight is 287 g/mol. The molecular weight excluding hydrogens is 267 g/mol. The lowest BCUT2D eigenvalue weighted by Gasteiger charge is -2.37. The monoisotopic (exact) mass is 287 g/mol. The first-order valence-electron chi connectivity index (χ1n) is 7.34. The number of hydrogen-bond donors (Lipinski definition) is 0. The van der Waals surface area contributed by atoms with Crippen molar-refractivity contribution >= 4 is 0 Å². The van der Waals surface area contributed by atoms with Crippen LogP contribution < -0.4 is 0 Å². The molecule has 1 aliphatic carbocycles. The lowest BCUT2D eigenvalue weighted by molar-refractivity contribution is -0.141. The van der Waals surface area contributed by atoms with Crippen molar-refractivity contribution in [1.82, 2.24) is 14.5 Å². The van der Waals surface area contributed by atoms with E-state index in [0.29, 0.717) is 18.4 Å². The molecule has 1 aromatic rings. The fourth-order valence-electron chi connectivity index (χ4n) is 3.76. The second-order valence-corrected chi connectivity index (χ2v) is 5.96. The molecule has 3 rings (SSSR count). The quantitative estimate of drug-likeness (QED) is 0.851. The second kappa shape index (κ2) is 5.39. The normalized spacial score (nSPS) is 27.8. The van der Waals surface area contributed by atoms with Gasteiger partial charge in [0.2, 0.25) is 0 Å². The number of imidazole rings is 1.